The van der Waals surface area contributed by atoms with Gasteiger partial charge in [-0.15, -0.1) is 0 Å². The van der Waals surface area contributed by atoms with Gasteiger partial charge in [0.05, 0.1) is 12.6 Å². The van der Waals surface area contributed by atoms with Crippen LogP contribution in [0.2, 0.25) is 0 Å². The molecular weight excluding hydrogens is 170 g/mol. The Bertz CT molecular complexity index is 291. The largest absolute Gasteiger partial charge is 0.370 e. The van der Waals surface area contributed by atoms with Crippen molar-refractivity contribution in [3.05, 3.63) is 22.4 Å². The molecular formula is C8H11N3S. The van der Waals surface area contributed by atoms with Crippen LogP contribution >= 0.6 is 11.3 Å². The van der Waals surface area contributed by atoms with Crippen molar-refractivity contribution in [1.82, 2.24) is 4.90 Å². The lowest BCUT2D eigenvalue weighted by Crippen LogP contribution is -2.32. The van der Waals surface area contributed by atoms with Gasteiger partial charge in [-0.05, 0) is 22.4 Å². The molecule has 2 rings (SSSR count). The predicted octanol–water partition coefficient (Wildman–Crippen LogP) is 1.05. The van der Waals surface area contributed by atoms with E-state index in [2.05, 4.69) is 21.8 Å². The first-order valence-electron chi connectivity index (χ1n) is 3.84. The zero-order valence-electron chi connectivity index (χ0n) is 6.90. The van der Waals surface area contributed by atoms with Crippen LogP contribution in [0.3, 0.4) is 0 Å². The molecule has 1 aromatic rings. The molecule has 0 fully saturated rings. The molecule has 0 bridgehead atoms. The van der Waals surface area contributed by atoms with Gasteiger partial charge in [-0.1, -0.05) is 0 Å². The Balaban J connectivity index is 2.20. The van der Waals surface area contributed by atoms with Gasteiger partial charge in [0.25, 0.3) is 0 Å². The summed E-state index contributed by atoms with van der Waals surface area (Å²) in [4.78, 5) is 6.20. The zero-order chi connectivity index (χ0) is 8.55. The first kappa shape index (κ1) is 7.61. The standard InChI is InChI=1S/C8H11N3S/c1-11-7(4-10-8(11)9)6-2-3-12-5-6/h2-3,5,7H,4H2,1H3,(H2,9,10). The SMILES string of the molecule is CN1C(N)=NCC1c1ccsc1. The smallest absolute Gasteiger partial charge is 0.191 e. The van der Waals surface area contributed by atoms with Gasteiger partial charge in [0.15, 0.2) is 5.96 Å². The fraction of sp³-hybridized carbons (Fsp3) is 0.375. The van der Waals surface area contributed by atoms with E-state index >= 15 is 0 Å². The molecule has 0 saturated heterocycles. The fourth-order valence-corrected chi connectivity index (χ4v) is 2.07. The van der Waals surface area contributed by atoms with Crippen LogP contribution in [0.5, 0.6) is 0 Å². The van der Waals surface area contributed by atoms with Crippen LogP contribution in [0.4, 0.5) is 0 Å². The molecule has 0 radical (unpaired) electrons. The molecule has 3 nitrogen and oxygen atoms in total. The maximum atomic E-state index is 5.65. The maximum absolute atomic E-state index is 5.65. The first-order valence-corrected chi connectivity index (χ1v) is 4.78. The molecule has 0 spiro atoms. The minimum atomic E-state index is 0.358. The van der Waals surface area contributed by atoms with Gasteiger partial charge in [-0.25, -0.2) is 0 Å². The quantitative estimate of drug-likeness (QED) is 0.703. The van der Waals surface area contributed by atoms with E-state index in [4.69, 9.17) is 5.73 Å². The number of nitrogens with zero attached hydrogens (tertiary/aromatic N) is 2. The van der Waals surface area contributed by atoms with Crippen LogP contribution in [-0.2, 0) is 0 Å². The fourth-order valence-electron chi connectivity index (χ4n) is 1.37. The highest BCUT2D eigenvalue weighted by molar-refractivity contribution is 7.07. The maximum Gasteiger partial charge on any atom is 0.191 e. The summed E-state index contributed by atoms with van der Waals surface area (Å²) in [7, 11) is 1.98. The third-order valence-corrected chi connectivity index (χ3v) is 2.88. The molecule has 1 atom stereocenters. The van der Waals surface area contributed by atoms with Gasteiger partial charge in [-0.3, -0.25) is 4.99 Å². The summed E-state index contributed by atoms with van der Waals surface area (Å²) in [6.45, 7) is 0.791. The molecule has 4 heteroatoms. The molecule has 0 aliphatic carbocycles. The van der Waals surface area contributed by atoms with Crippen molar-refractivity contribution in [2.24, 2.45) is 10.7 Å². The predicted molar refractivity (Wildman–Crippen MR) is 51.3 cm³/mol. The van der Waals surface area contributed by atoms with E-state index in [1.54, 1.807) is 11.3 Å². The first-order chi connectivity index (χ1) is 5.79. The monoisotopic (exact) mass is 181 g/mol. The summed E-state index contributed by atoms with van der Waals surface area (Å²) >= 11 is 1.71. The number of hydrogen-bond acceptors (Lipinski definition) is 4. The molecule has 1 aliphatic rings. The van der Waals surface area contributed by atoms with Crippen molar-refractivity contribution in [3.8, 4) is 0 Å². The Morgan fingerprint density at radius 3 is 3.08 bits per heavy atom. The third kappa shape index (κ3) is 1.08. The van der Waals surface area contributed by atoms with Crippen LogP contribution in [-0.4, -0.2) is 24.5 Å². The molecule has 1 unspecified atom stereocenters. The van der Waals surface area contributed by atoms with E-state index in [1.807, 2.05) is 11.9 Å². The topological polar surface area (TPSA) is 41.6 Å². The van der Waals surface area contributed by atoms with Crippen molar-refractivity contribution in [2.45, 2.75) is 6.04 Å². The summed E-state index contributed by atoms with van der Waals surface area (Å²) < 4.78 is 0. The highest BCUT2D eigenvalue weighted by Gasteiger charge is 2.23. The lowest BCUT2D eigenvalue weighted by molar-refractivity contribution is 0.415. The summed E-state index contributed by atoms with van der Waals surface area (Å²) in [5.41, 5.74) is 6.97. The van der Waals surface area contributed by atoms with Gasteiger partial charge in [0, 0.05) is 7.05 Å². The Labute approximate surface area is 75.5 Å². The van der Waals surface area contributed by atoms with E-state index in [0.717, 1.165) is 6.54 Å². The van der Waals surface area contributed by atoms with E-state index in [-0.39, 0.29) is 0 Å². The Morgan fingerprint density at radius 2 is 2.58 bits per heavy atom. The second kappa shape index (κ2) is 2.79. The van der Waals surface area contributed by atoms with Crippen LogP contribution in [0, 0.1) is 0 Å². The van der Waals surface area contributed by atoms with Crippen molar-refractivity contribution < 1.29 is 0 Å². The van der Waals surface area contributed by atoms with Gasteiger partial charge in [0.1, 0.15) is 0 Å². The highest BCUT2D eigenvalue weighted by atomic mass is 32.1. The second-order valence-corrected chi connectivity index (χ2v) is 3.66. The highest BCUT2D eigenvalue weighted by Crippen LogP contribution is 2.25. The summed E-state index contributed by atoms with van der Waals surface area (Å²) in [5.74, 6) is 0.645. The van der Waals surface area contributed by atoms with Crippen LogP contribution in [0.25, 0.3) is 0 Å². The molecule has 2 heterocycles. The number of guanidine groups is 1. The summed E-state index contributed by atoms with van der Waals surface area (Å²) in [5, 5.41) is 4.23. The average Bonchev–Trinajstić information content (AvgIpc) is 2.64. The molecule has 1 aliphatic heterocycles. The zero-order valence-corrected chi connectivity index (χ0v) is 7.71. The summed E-state index contributed by atoms with van der Waals surface area (Å²) in [6.07, 6.45) is 0. The van der Waals surface area contributed by atoms with E-state index in [0.29, 0.717) is 12.0 Å². The van der Waals surface area contributed by atoms with Crippen molar-refractivity contribution >= 4 is 17.3 Å². The van der Waals surface area contributed by atoms with Gasteiger partial charge < -0.3 is 10.6 Å². The van der Waals surface area contributed by atoms with Gasteiger partial charge in [-0.2, -0.15) is 11.3 Å². The van der Waals surface area contributed by atoms with Crippen molar-refractivity contribution in [3.63, 3.8) is 0 Å². The Kier molecular flexibility index (Phi) is 1.77. The lowest BCUT2D eigenvalue weighted by atomic mass is 10.1. The second-order valence-electron chi connectivity index (χ2n) is 2.88. The number of likely N-dealkylation sites (N-methyl/N-ethyl adjacent to an activating group) is 1. The van der Waals surface area contributed by atoms with Crippen LogP contribution in [0.15, 0.2) is 21.8 Å². The number of rotatable bonds is 1. The number of hydrogen-bond donors (Lipinski definition) is 1. The van der Waals surface area contributed by atoms with Gasteiger partial charge >= 0.3 is 0 Å². The number of nitrogens with two attached hydrogens (primary N) is 1. The molecule has 0 amide bonds. The Morgan fingerprint density at radius 1 is 1.75 bits per heavy atom. The molecule has 0 saturated carbocycles. The van der Waals surface area contributed by atoms with Crippen molar-refractivity contribution in [1.29, 1.82) is 0 Å². The molecule has 0 aromatic carbocycles. The Hall–Kier alpha value is -1.03. The van der Waals surface area contributed by atoms with Crippen molar-refractivity contribution in [2.75, 3.05) is 13.6 Å². The average molecular weight is 181 g/mol. The third-order valence-electron chi connectivity index (χ3n) is 2.18. The minimum absolute atomic E-state index is 0.358. The normalized spacial score (nSPS) is 22.9. The van der Waals surface area contributed by atoms with E-state index < -0.39 is 0 Å². The number of thiophene rings is 1. The molecule has 1 aromatic heterocycles. The van der Waals surface area contributed by atoms with Crippen LogP contribution in [0.1, 0.15) is 11.6 Å². The lowest BCUT2D eigenvalue weighted by Gasteiger charge is -2.19. The van der Waals surface area contributed by atoms with E-state index in [9.17, 15) is 0 Å². The molecule has 64 valence electrons. The van der Waals surface area contributed by atoms with Crippen LogP contribution < -0.4 is 5.73 Å². The van der Waals surface area contributed by atoms with E-state index in [1.165, 1.54) is 5.56 Å². The molecule has 2 N–H and O–H groups in total. The molecule has 12 heavy (non-hydrogen) atoms. The summed E-state index contributed by atoms with van der Waals surface area (Å²) in [6, 6.07) is 2.48. The van der Waals surface area contributed by atoms with Gasteiger partial charge in [0.2, 0.25) is 0 Å². The number of aliphatic imine (C=N–C) groups is 1. The minimum Gasteiger partial charge on any atom is -0.370 e.